The first-order valence-corrected chi connectivity index (χ1v) is 8.55. The van der Waals surface area contributed by atoms with Gasteiger partial charge < -0.3 is 9.64 Å². The highest BCUT2D eigenvalue weighted by Crippen LogP contribution is 2.48. The van der Waals surface area contributed by atoms with Crippen LogP contribution in [-0.4, -0.2) is 48.4 Å². The first kappa shape index (κ1) is 15.6. The van der Waals surface area contributed by atoms with Crippen LogP contribution in [0, 0.1) is 5.92 Å². The number of hydrogen-bond acceptors (Lipinski definition) is 5. The lowest BCUT2D eigenvalue weighted by molar-refractivity contribution is 0.0168. The van der Waals surface area contributed by atoms with Crippen molar-refractivity contribution in [1.82, 2.24) is 24.6 Å². The van der Waals surface area contributed by atoms with Gasteiger partial charge in [0.05, 0.1) is 24.2 Å². The minimum absolute atomic E-state index is 0.0699. The third-order valence-electron chi connectivity index (χ3n) is 4.55. The molecule has 7 nitrogen and oxygen atoms in total. The van der Waals surface area contributed by atoms with Crippen molar-refractivity contribution in [3.8, 4) is 0 Å². The Morgan fingerprint density at radius 2 is 2.17 bits per heavy atom. The standard InChI is InChI=1S/C16H20ClN5O2/c1-16(2,3)24-15(23)22-11(4-9-5-12(9)22)8-21-13-10(7-19-21)6-18-14(17)20-13/h6-7,9,11-12H,4-5,8H2,1-3H3/t9-,11-,12+/m0/s1. The molecule has 3 heterocycles. The second-order valence-corrected chi connectivity index (χ2v) is 7.92. The summed E-state index contributed by atoms with van der Waals surface area (Å²) in [4.78, 5) is 22.7. The van der Waals surface area contributed by atoms with Crippen molar-refractivity contribution in [3.63, 3.8) is 0 Å². The smallest absolute Gasteiger partial charge is 0.410 e. The van der Waals surface area contributed by atoms with Crippen molar-refractivity contribution in [2.45, 2.75) is 57.8 Å². The monoisotopic (exact) mass is 349 g/mol. The zero-order valence-corrected chi connectivity index (χ0v) is 14.7. The van der Waals surface area contributed by atoms with Crippen LogP contribution >= 0.6 is 11.6 Å². The highest BCUT2D eigenvalue weighted by molar-refractivity contribution is 6.28. The fraction of sp³-hybridized carbons (Fsp3) is 0.625. The number of nitrogens with zero attached hydrogens (tertiary/aromatic N) is 5. The number of halogens is 1. The predicted molar refractivity (Wildman–Crippen MR) is 88.7 cm³/mol. The topological polar surface area (TPSA) is 73.1 Å². The summed E-state index contributed by atoms with van der Waals surface area (Å²) < 4.78 is 7.39. The Labute approximate surface area is 145 Å². The van der Waals surface area contributed by atoms with Crippen molar-refractivity contribution < 1.29 is 9.53 Å². The third kappa shape index (κ3) is 2.81. The van der Waals surface area contributed by atoms with Crippen molar-refractivity contribution in [2.24, 2.45) is 5.92 Å². The van der Waals surface area contributed by atoms with Crippen LogP contribution in [0.3, 0.4) is 0 Å². The van der Waals surface area contributed by atoms with Gasteiger partial charge in [0.1, 0.15) is 5.60 Å². The largest absolute Gasteiger partial charge is 0.444 e. The van der Waals surface area contributed by atoms with Crippen molar-refractivity contribution in [2.75, 3.05) is 0 Å². The molecule has 1 amide bonds. The highest BCUT2D eigenvalue weighted by atomic mass is 35.5. The maximum atomic E-state index is 12.6. The lowest BCUT2D eigenvalue weighted by atomic mass is 10.1. The first-order valence-electron chi connectivity index (χ1n) is 8.17. The molecule has 0 spiro atoms. The molecular weight excluding hydrogens is 330 g/mol. The first-order chi connectivity index (χ1) is 11.3. The summed E-state index contributed by atoms with van der Waals surface area (Å²) >= 11 is 5.90. The van der Waals surface area contributed by atoms with Crippen LogP contribution < -0.4 is 0 Å². The Bertz CT molecular complexity index is 799. The van der Waals surface area contributed by atoms with E-state index in [0.717, 1.165) is 18.2 Å². The molecule has 3 atom stereocenters. The van der Waals surface area contributed by atoms with Gasteiger partial charge in [-0.15, -0.1) is 0 Å². The normalized spacial score (nSPS) is 25.8. The Morgan fingerprint density at radius 3 is 2.92 bits per heavy atom. The van der Waals surface area contributed by atoms with E-state index in [1.54, 1.807) is 17.1 Å². The number of ether oxygens (including phenoxy) is 1. The van der Waals surface area contributed by atoms with Crippen LogP contribution in [-0.2, 0) is 11.3 Å². The maximum Gasteiger partial charge on any atom is 0.410 e. The molecule has 1 saturated carbocycles. The molecule has 1 aliphatic carbocycles. The molecule has 1 aliphatic heterocycles. The number of likely N-dealkylation sites (tertiary alicyclic amines) is 1. The molecule has 128 valence electrons. The zero-order valence-electron chi connectivity index (χ0n) is 13.9. The molecule has 0 radical (unpaired) electrons. The second kappa shape index (κ2) is 5.31. The SMILES string of the molecule is CC(C)(C)OC(=O)N1[C@H](Cn2ncc3cnc(Cl)nc32)C[C@H]2C[C@H]21. The number of fused-ring (bicyclic) bond motifs is 2. The summed E-state index contributed by atoms with van der Waals surface area (Å²) in [6.45, 7) is 6.25. The number of piperidine rings is 1. The van der Waals surface area contributed by atoms with Crippen molar-refractivity contribution >= 4 is 28.7 Å². The van der Waals surface area contributed by atoms with Crippen LogP contribution in [0.4, 0.5) is 4.79 Å². The van der Waals surface area contributed by atoms with Gasteiger partial charge in [0, 0.05) is 12.2 Å². The van der Waals surface area contributed by atoms with Gasteiger partial charge in [-0.05, 0) is 51.1 Å². The van der Waals surface area contributed by atoms with Crippen LogP contribution in [0.15, 0.2) is 12.4 Å². The lowest BCUT2D eigenvalue weighted by Crippen LogP contribution is -2.43. The molecule has 8 heteroatoms. The fourth-order valence-corrected chi connectivity index (χ4v) is 3.63. The lowest BCUT2D eigenvalue weighted by Gasteiger charge is -2.30. The average Bonchev–Trinajstić information content (AvgIpc) is 2.96. The van der Waals surface area contributed by atoms with Crippen LogP contribution in [0.1, 0.15) is 33.6 Å². The summed E-state index contributed by atoms with van der Waals surface area (Å²) in [5, 5.41) is 5.42. The summed E-state index contributed by atoms with van der Waals surface area (Å²) in [6.07, 6.45) is 5.19. The Hall–Kier alpha value is -1.89. The molecule has 0 aromatic carbocycles. The molecule has 0 bridgehead atoms. The van der Waals surface area contributed by atoms with Crippen LogP contribution in [0.2, 0.25) is 5.28 Å². The molecule has 1 saturated heterocycles. The zero-order chi connectivity index (χ0) is 17.1. The molecule has 2 aromatic heterocycles. The van der Waals surface area contributed by atoms with E-state index >= 15 is 0 Å². The summed E-state index contributed by atoms with van der Waals surface area (Å²) in [6, 6.07) is 0.380. The van der Waals surface area contributed by atoms with E-state index in [2.05, 4.69) is 15.1 Å². The number of hydrogen-bond donors (Lipinski definition) is 0. The van der Waals surface area contributed by atoms with Gasteiger partial charge >= 0.3 is 6.09 Å². The maximum absolute atomic E-state index is 12.6. The Balaban J connectivity index is 1.56. The van der Waals surface area contributed by atoms with Gasteiger partial charge in [0.2, 0.25) is 5.28 Å². The van der Waals surface area contributed by atoms with Gasteiger partial charge in [-0.25, -0.2) is 14.5 Å². The van der Waals surface area contributed by atoms with E-state index < -0.39 is 5.60 Å². The number of carbonyl (C=O) groups excluding carboxylic acids is 1. The molecule has 4 rings (SSSR count). The fourth-order valence-electron chi connectivity index (χ4n) is 3.50. The molecule has 0 unspecified atom stereocenters. The van der Waals surface area contributed by atoms with E-state index in [1.165, 1.54) is 0 Å². The van der Waals surface area contributed by atoms with E-state index in [-0.39, 0.29) is 17.4 Å². The molecule has 2 aromatic rings. The number of aromatic nitrogens is 4. The number of amides is 1. The number of rotatable bonds is 2. The van der Waals surface area contributed by atoms with Gasteiger partial charge in [0.25, 0.3) is 0 Å². The molecule has 2 fully saturated rings. The molecule has 0 N–H and O–H groups in total. The Kier molecular flexibility index (Phi) is 3.46. The van der Waals surface area contributed by atoms with Crippen molar-refractivity contribution in [1.29, 1.82) is 0 Å². The minimum Gasteiger partial charge on any atom is -0.444 e. The summed E-state index contributed by atoms with van der Waals surface area (Å²) in [5.74, 6) is 0.586. The van der Waals surface area contributed by atoms with Gasteiger partial charge in [-0.3, -0.25) is 0 Å². The number of carbonyl (C=O) groups is 1. The molecular formula is C16H20ClN5O2. The third-order valence-corrected chi connectivity index (χ3v) is 4.73. The quantitative estimate of drug-likeness (QED) is 0.779. The van der Waals surface area contributed by atoms with E-state index in [0.29, 0.717) is 24.2 Å². The van der Waals surface area contributed by atoms with Gasteiger partial charge in [0.15, 0.2) is 5.65 Å². The summed E-state index contributed by atoms with van der Waals surface area (Å²) in [5.41, 5.74) is 0.202. The Morgan fingerprint density at radius 1 is 1.38 bits per heavy atom. The van der Waals surface area contributed by atoms with E-state index in [4.69, 9.17) is 16.3 Å². The van der Waals surface area contributed by atoms with Crippen molar-refractivity contribution in [3.05, 3.63) is 17.7 Å². The molecule has 24 heavy (non-hydrogen) atoms. The molecule has 2 aliphatic rings. The van der Waals surface area contributed by atoms with Gasteiger partial charge in [-0.2, -0.15) is 10.1 Å². The van der Waals surface area contributed by atoms with Crippen LogP contribution in [0.25, 0.3) is 11.0 Å². The van der Waals surface area contributed by atoms with Crippen LogP contribution in [0.5, 0.6) is 0 Å². The van der Waals surface area contributed by atoms with E-state index in [9.17, 15) is 4.79 Å². The minimum atomic E-state index is -0.492. The summed E-state index contributed by atoms with van der Waals surface area (Å²) in [7, 11) is 0. The van der Waals surface area contributed by atoms with Gasteiger partial charge in [-0.1, -0.05) is 0 Å². The highest BCUT2D eigenvalue weighted by Gasteiger charge is 2.55. The van der Waals surface area contributed by atoms with E-state index in [1.807, 2.05) is 25.7 Å². The average molecular weight is 350 g/mol. The second-order valence-electron chi connectivity index (χ2n) is 7.58. The predicted octanol–water partition coefficient (Wildman–Crippen LogP) is 2.88.